The molecule has 0 aromatic carbocycles. The van der Waals surface area contributed by atoms with Crippen LogP contribution in [0.5, 0.6) is 5.88 Å². The van der Waals surface area contributed by atoms with E-state index in [1.807, 2.05) is 18.2 Å². The molecule has 3 rings (SSSR count). The number of hydrogen-bond donors (Lipinski definition) is 2. The summed E-state index contributed by atoms with van der Waals surface area (Å²) >= 11 is 0. The zero-order valence-corrected chi connectivity index (χ0v) is 15.8. The third kappa shape index (κ3) is 4.69. The number of hydrogen-bond acceptors (Lipinski definition) is 4. The molecule has 1 aromatic rings. The number of likely N-dealkylation sites (tertiary alicyclic amines) is 1. The highest BCUT2D eigenvalue weighted by atomic mass is 127. The predicted octanol–water partition coefficient (Wildman–Crippen LogP) is 1.64. The molecule has 2 N–H and O–H groups in total. The molecule has 2 aliphatic rings. The summed E-state index contributed by atoms with van der Waals surface area (Å²) in [6, 6.07) is 5.68. The number of pyridine rings is 1. The Labute approximate surface area is 154 Å². The number of rotatable bonds is 4. The van der Waals surface area contributed by atoms with E-state index >= 15 is 0 Å². The molecule has 0 bridgehead atoms. The van der Waals surface area contributed by atoms with Crippen molar-refractivity contribution in [3.8, 4) is 5.88 Å². The van der Waals surface area contributed by atoms with Gasteiger partial charge in [-0.05, 0) is 25.3 Å². The lowest BCUT2D eigenvalue weighted by Crippen LogP contribution is -2.51. The van der Waals surface area contributed by atoms with Gasteiger partial charge in [0, 0.05) is 38.8 Å². The van der Waals surface area contributed by atoms with E-state index in [4.69, 9.17) is 4.74 Å². The third-order valence-corrected chi connectivity index (χ3v) is 4.44. The summed E-state index contributed by atoms with van der Waals surface area (Å²) in [4.78, 5) is 10.7. The SMILES string of the molecule is CN=C(NCC1(O)CCC1)N1CCC(Oc2ccccn2)C1.I. The molecule has 0 radical (unpaired) electrons. The molecule has 0 spiro atoms. The van der Waals surface area contributed by atoms with Crippen LogP contribution in [0.2, 0.25) is 0 Å². The molecule has 0 amide bonds. The average molecular weight is 432 g/mol. The van der Waals surface area contributed by atoms with E-state index in [2.05, 4.69) is 20.2 Å². The molecule has 2 fully saturated rings. The van der Waals surface area contributed by atoms with Crippen LogP contribution in [0.3, 0.4) is 0 Å². The van der Waals surface area contributed by atoms with E-state index in [9.17, 15) is 5.11 Å². The summed E-state index contributed by atoms with van der Waals surface area (Å²) in [5.74, 6) is 1.51. The van der Waals surface area contributed by atoms with Crippen molar-refractivity contribution in [1.82, 2.24) is 15.2 Å². The molecule has 1 unspecified atom stereocenters. The Balaban J connectivity index is 0.00000192. The van der Waals surface area contributed by atoms with E-state index < -0.39 is 5.60 Å². The van der Waals surface area contributed by atoms with Crippen molar-refractivity contribution in [3.05, 3.63) is 24.4 Å². The average Bonchev–Trinajstić information content (AvgIpc) is 2.95. The second kappa shape index (κ2) is 8.14. The molecule has 128 valence electrons. The van der Waals surface area contributed by atoms with Crippen LogP contribution < -0.4 is 10.1 Å². The van der Waals surface area contributed by atoms with Crippen molar-refractivity contribution in [2.75, 3.05) is 26.7 Å². The zero-order chi connectivity index (χ0) is 15.4. The number of ether oxygens (including phenoxy) is 1. The maximum atomic E-state index is 10.2. The van der Waals surface area contributed by atoms with Crippen LogP contribution in [0.15, 0.2) is 29.4 Å². The summed E-state index contributed by atoms with van der Waals surface area (Å²) in [7, 11) is 1.78. The van der Waals surface area contributed by atoms with Crippen molar-refractivity contribution in [2.45, 2.75) is 37.4 Å². The number of nitrogens with zero attached hydrogens (tertiary/aromatic N) is 3. The topological polar surface area (TPSA) is 70.0 Å². The fourth-order valence-corrected chi connectivity index (χ4v) is 2.94. The Morgan fingerprint density at radius 2 is 2.35 bits per heavy atom. The van der Waals surface area contributed by atoms with Gasteiger partial charge in [0.2, 0.25) is 5.88 Å². The van der Waals surface area contributed by atoms with Crippen molar-refractivity contribution in [2.24, 2.45) is 4.99 Å². The van der Waals surface area contributed by atoms with Crippen molar-refractivity contribution in [1.29, 1.82) is 0 Å². The lowest BCUT2D eigenvalue weighted by Gasteiger charge is -2.37. The van der Waals surface area contributed by atoms with Gasteiger partial charge < -0.3 is 20.1 Å². The molecular weight excluding hydrogens is 407 g/mol. The Hall–Kier alpha value is -1.09. The molecule has 1 aromatic heterocycles. The smallest absolute Gasteiger partial charge is 0.213 e. The van der Waals surface area contributed by atoms with E-state index in [0.29, 0.717) is 12.4 Å². The van der Waals surface area contributed by atoms with Gasteiger partial charge in [0.1, 0.15) is 6.10 Å². The minimum atomic E-state index is -0.542. The second-order valence-corrected chi connectivity index (χ2v) is 6.12. The van der Waals surface area contributed by atoms with E-state index in [1.165, 1.54) is 0 Å². The molecule has 1 saturated heterocycles. The molecule has 2 heterocycles. The monoisotopic (exact) mass is 432 g/mol. The second-order valence-electron chi connectivity index (χ2n) is 6.12. The van der Waals surface area contributed by atoms with Gasteiger partial charge in [-0.1, -0.05) is 6.07 Å². The molecule has 6 nitrogen and oxygen atoms in total. The number of halogens is 1. The number of aliphatic imine (C=N–C) groups is 1. The van der Waals surface area contributed by atoms with E-state index in [0.717, 1.165) is 44.7 Å². The van der Waals surface area contributed by atoms with Crippen molar-refractivity contribution >= 4 is 29.9 Å². The van der Waals surface area contributed by atoms with Gasteiger partial charge >= 0.3 is 0 Å². The first-order valence-corrected chi connectivity index (χ1v) is 7.94. The van der Waals surface area contributed by atoms with Crippen LogP contribution in [0, 0.1) is 0 Å². The van der Waals surface area contributed by atoms with Crippen LogP contribution in [0.4, 0.5) is 0 Å². The van der Waals surface area contributed by atoms with Crippen LogP contribution in [-0.2, 0) is 0 Å². The van der Waals surface area contributed by atoms with E-state index in [-0.39, 0.29) is 30.1 Å². The lowest BCUT2D eigenvalue weighted by atomic mass is 9.80. The van der Waals surface area contributed by atoms with Gasteiger partial charge in [0.25, 0.3) is 0 Å². The maximum absolute atomic E-state index is 10.2. The minimum Gasteiger partial charge on any atom is -0.472 e. The van der Waals surface area contributed by atoms with Crippen LogP contribution in [0.25, 0.3) is 0 Å². The van der Waals surface area contributed by atoms with Crippen LogP contribution in [-0.4, -0.2) is 59.3 Å². The number of aromatic nitrogens is 1. The van der Waals surface area contributed by atoms with Gasteiger partial charge in [0.05, 0.1) is 12.1 Å². The summed E-state index contributed by atoms with van der Waals surface area (Å²) < 4.78 is 5.89. The molecule has 23 heavy (non-hydrogen) atoms. The Bertz CT molecular complexity index is 522. The van der Waals surface area contributed by atoms with Crippen LogP contribution in [0.1, 0.15) is 25.7 Å². The summed E-state index contributed by atoms with van der Waals surface area (Å²) in [6.45, 7) is 2.26. The van der Waals surface area contributed by atoms with Gasteiger partial charge in [-0.15, -0.1) is 24.0 Å². The standard InChI is InChI=1S/C16H24N4O2.HI/c1-17-15(19-12-16(21)7-4-8-16)20-10-6-13(11-20)22-14-5-2-3-9-18-14;/h2-3,5,9,13,21H,4,6-8,10-12H2,1H3,(H,17,19);1H. The first kappa shape index (κ1) is 18.3. The predicted molar refractivity (Wildman–Crippen MR) is 100 cm³/mol. The fraction of sp³-hybridized carbons (Fsp3) is 0.625. The van der Waals surface area contributed by atoms with Crippen LogP contribution >= 0.6 is 24.0 Å². The molecule has 1 aliphatic heterocycles. The molecule has 1 atom stereocenters. The highest BCUT2D eigenvalue weighted by molar-refractivity contribution is 14.0. The molecular formula is C16H25IN4O2. The van der Waals surface area contributed by atoms with Crippen molar-refractivity contribution < 1.29 is 9.84 Å². The highest BCUT2D eigenvalue weighted by Crippen LogP contribution is 2.30. The zero-order valence-electron chi connectivity index (χ0n) is 13.4. The lowest BCUT2D eigenvalue weighted by molar-refractivity contribution is -0.0282. The van der Waals surface area contributed by atoms with Gasteiger partial charge in [-0.3, -0.25) is 4.99 Å². The third-order valence-electron chi connectivity index (χ3n) is 4.44. The first-order chi connectivity index (χ1) is 10.7. The van der Waals surface area contributed by atoms with E-state index in [1.54, 1.807) is 13.2 Å². The quantitative estimate of drug-likeness (QED) is 0.430. The largest absolute Gasteiger partial charge is 0.472 e. The summed E-state index contributed by atoms with van der Waals surface area (Å²) in [6.07, 6.45) is 5.68. The maximum Gasteiger partial charge on any atom is 0.213 e. The van der Waals surface area contributed by atoms with Gasteiger partial charge in [0.15, 0.2) is 5.96 Å². The summed E-state index contributed by atoms with van der Waals surface area (Å²) in [5.41, 5.74) is -0.542. The Morgan fingerprint density at radius 1 is 1.52 bits per heavy atom. The normalized spacial score (nSPS) is 23.0. The summed E-state index contributed by atoms with van der Waals surface area (Å²) in [5, 5.41) is 13.5. The fourth-order valence-electron chi connectivity index (χ4n) is 2.94. The minimum absolute atomic E-state index is 0. The first-order valence-electron chi connectivity index (χ1n) is 7.94. The van der Waals surface area contributed by atoms with Crippen molar-refractivity contribution in [3.63, 3.8) is 0 Å². The Kier molecular flexibility index (Phi) is 6.46. The molecule has 1 aliphatic carbocycles. The molecule has 7 heteroatoms. The number of aliphatic hydroxyl groups is 1. The van der Waals surface area contributed by atoms with Gasteiger partial charge in [-0.2, -0.15) is 0 Å². The number of guanidine groups is 1. The Morgan fingerprint density at radius 3 is 2.96 bits per heavy atom. The molecule has 1 saturated carbocycles. The van der Waals surface area contributed by atoms with Gasteiger partial charge in [-0.25, -0.2) is 4.98 Å². The number of nitrogens with one attached hydrogen (secondary N) is 1. The highest BCUT2D eigenvalue weighted by Gasteiger charge is 2.35.